The van der Waals surface area contributed by atoms with Crippen LogP contribution < -0.4 is 5.32 Å². The summed E-state index contributed by atoms with van der Waals surface area (Å²) in [6.45, 7) is 7.66. The van der Waals surface area contributed by atoms with Crippen LogP contribution in [0.25, 0.3) is 0 Å². The van der Waals surface area contributed by atoms with E-state index < -0.39 is 0 Å². The maximum absolute atomic E-state index is 11.5. The van der Waals surface area contributed by atoms with Gasteiger partial charge >= 0.3 is 5.97 Å². The molecule has 1 rings (SSSR count). The molecule has 21 heavy (non-hydrogen) atoms. The largest absolute Gasteiger partial charge is 0.456 e. The van der Waals surface area contributed by atoms with Gasteiger partial charge in [-0.05, 0) is 51.0 Å². The zero-order chi connectivity index (χ0) is 15.8. The number of rotatable bonds is 7. The van der Waals surface area contributed by atoms with E-state index in [9.17, 15) is 9.59 Å². The van der Waals surface area contributed by atoms with Crippen molar-refractivity contribution in [1.29, 1.82) is 0 Å². The molecule has 0 fully saturated rings. The maximum atomic E-state index is 11.5. The summed E-state index contributed by atoms with van der Waals surface area (Å²) >= 11 is 1.62. The first-order valence-electron chi connectivity index (χ1n) is 7.03. The molecule has 0 heterocycles. The highest BCUT2D eigenvalue weighted by Gasteiger charge is 2.08. The van der Waals surface area contributed by atoms with Gasteiger partial charge in [0.2, 0.25) is 0 Å². The number of carbonyl (C=O) groups is 2. The number of benzene rings is 1. The molecule has 0 atom stereocenters. The van der Waals surface area contributed by atoms with Crippen molar-refractivity contribution in [3.05, 3.63) is 29.3 Å². The summed E-state index contributed by atoms with van der Waals surface area (Å²) < 4.78 is 4.92. The van der Waals surface area contributed by atoms with Crippen LogP contribution in [0.2, 0.25) is 0 Å². The Kier molecular flexibility index (Phi) is 7.29. The van der Waals surface area contributed by atoms with E-state index in [0.717, 1.165) is 4.90 Å². The van der Waals surface area contributed by atoms with Crippen LogP contribution in [0.4, 0.5) is 0 Å². The topological polar surface area (TPSA) is 55.4 Å². The summed E-state index contributed by atoms with van der Waals surface area (Å²) in [5, 5.41) is 2.67. The Morgan fingerprint density at radius 3 is 2.57 bits per heavy atom. The van der Waals surface area contributed by atoms with Gasteiger partial charge in [0.1, 0.15) is 0 Å². The Labute approximate surface area is 130 Å². The molecule has 1 N–H and O–H groups in total. The quantitative estimate of drug-likeness (QED) is 0.621. The van der Waals surface area contributed by atoms with Crippen LogP contribution in [0.5, 0.6) is 0 Å². The molecule has 0 bridgehead atoms. The van der Waals surface area contributed by atoms with Gasteiger partial charge in [0.25, 0.3) is 5.91 Å². The molecular formula is C16H23NO3S. The van der Waals surface area contributed by atoms with Crippen molar-refractivity contribution in [2.45, 2.75) is 45.1 Å². The number of carbonyl (C=O) groups excluding carboxylic acids is 2. The average molecular weight is 309 g/mol. The number of ether oxygens (including phenoxy) is 1. The third-order valence-corrected chi connectivity index (χ3v) is 3.86. The van der Waals surface area contributed by atoms with Crippen molar-refractivity contribution in [1.82, 2.24) is 5.32 Å². The second kappa shape index (κ2) is 8.72. The van der Waals surface area contributed by atoms with Crippen LogP contribution in [0.3, 0.4) is 0 Å². The smallest absolute Gasteiger partial charge is 0.307 e. The van der Waals surface area contributed by atoms with E-state index >= 15 is 0 Å². The summed E-state index contributed by atoms with van der Waals surface area (Å²) in [6.07, 6.45) is 0.298. The van der Waals surface area contributed by atoms with Gasteiger partial charge < -0.3 is 10.1 Å². The van der Waals surface area contributed by atoms with Crippen LogP contribution in [-0.2, 0) is 14.3 Å². The fraction of sp³-hybridized carbons (Fsp3) is 0.500. The Hall–Kier alpha value is -1.49. The summed E-state index contributed by atoms with van der Waals surface area (Å²) in [6, 6.07) is 6.29. The Bertz CT molecular complexity index is 500. The monoisotopic (exact) mass is 309 g/mol. The van der Waals surface area contributed by atoms with Crippen LogP contribution in [-0.4, -0.2) is 30.3 Å². The molecule has 1 aromatic rings. The van der Waals surface area contributed by atoms with Gasteiger partial charge in [0, 0.05) is 16.7 Å². The lowest BCUT2D eigenvalue weighted by Crippen LogP contribution is -2.34. The molecule has 0 saturated heterocycles. The highest BCUT2D eigenvalue weighted by Crippen LogP contribution is 2.21. The second-order valence-electron chi connectivity index (χ2n) is 5.23. The zero-order valence-electron chi connectivity index (χ0n) is 13.1. The number of amides is 1. The highest BCUT2D eigenvalue weighted by atomic mass is 32.2. The lowest BCUT2D eigenvalue weighted by molar-refractivity contribution is -0.148. The fourth-order valence-electron chi connectivity index (χ4n) is 1.64. The average Bonchev–Trinajstić information content (AvgIpc) is 2.40. The van der Waals surface area contributed by atoms with Crippen LogP contribution in [0, 0.1) is 13.8 Å². The minimum Gasteiger partial charge on any atom is -0.456 e. The third kappa shape index (κ3) is 7.18. The summed E-state index contributed by atoms with van der Waals surface area (Å²) in [5.74, 6) is 0.0399. The number of nitrogens with one attached hydrogen (secondary N) is 1. The fourth-order valence-corrected chi connectivity index (χ4v) is 2.57. The minimum absolute atomic E-state index is 0.0523. The molecular weight excluding hydrogens is 286 g/mol. The highest BCUT2D eigenvalue weighted by molar-refractivity contribution is 7.99. The molecule has 0 unspecified atom stereocenters. The van der Waals surface area contributed by atoms with E-state index in [1.165, 1.54) is 11.1 Å². The zero-order valence-corrected chi connectivity index (χ0v) is 13.9. The van der Waals surface area contributed by atoms with Gasteiger partial charge in [-0.25, -0.2) is 0 Å². The van der Waals surface area contributed by atoms with E-state index in [1.54, 1.807) is 11.8 Å². The first kappa shape index (κ1) is 17.6. The van der Waals surface area contributed by atoms with Crippen molar-refractivity contribution in [2.75, 3.05) is 12.4 Å². The molecule has 0 spiro atoms. The predicted octanol–water partition coefficient (Wildman–Crippen LogP) is 2.85. The number of hydrogen-bond acceptors (Lipinski definition) is 4. The molecule has 116 valence electrons. The van der Waals surface area contributed by atoms with Crippen molar-refractivity contribution in [3.8, 4) is 0 Å². The van der Waals surface area contributed by atoms with Gasteiger partial charge in [-0.15, -0.1) is 11.8 Å². The van der Waals surface area contributed by atoms with E-state index in [1.807, 2.05) is 13.8 Å². The Balaban J connectivity index is 2.24. The molecule has 0 aliphatic rings. The molecule has 0 radical (unpaired) electrons. The van der Waals surface area contributed by atoms with Crippen molar-refractivity contribution >= 4 is 23.6 Å². The Morgan fingerprint density at radius 2 is 1.95 bits per heavy atom. The molecule has 5 heteroatoms. The van der Waals surface area contributed by atoms with Gasteiger partial charge in [-0.1, -0.05) is 6.07 Å². The molecule has 0 saturated carbocycles. The molecule has 1 aromatic carbocycles. The maximum Gasteiger partial charge on any atom is 0.307 e. The first-order valence-corrected chi connectivity index (χ1v) is 8.02. The second-order valence-corrected chi connectivity index (χ2v) is 6.40. The number of aryl methyl sites for hydroxylation is 2. The number of hydrogen-bond donors (Lipinski definition) is 1. The molecule has 4 nitrogen and oxygen atoms in total. The van der Waals surface area contributed by atoms with E-state index in [4.69, 9.17) is 4.74 Å². The van der Waals surface area contributed by atoms with E-state index in [-0.39, 0.29) is 24.5 Å². The standard InChI is InChI=1S/C16H23NO3S/c1-11(2)17-15(18)10-20-16(19)7-8-21-14-6-5-12(3)13(4)9-14/h5-6,9,11H,7-8,10H2,1-4H3,(H,17,18). The van der Waals surface area contributed by atoms with Crippen molar-refractivity contribution in [2.24, 2.45) is 0 Å². The van der Waals surface area contributed by atoms with Crippen molar-refractivity contribution < 1.29 is 14.3 Å². The lowest BCUT2D eigenvalue weighted by Gasteiger charge is -2.09. The first-order chi connectivity index (χ1) is 9.88. The summed E-state index contributed by atoms with van der Waals surface area (Å²) in [7, 11) is 0. The molecule has 1 amide bonds. The van der Waals surface area contributed by atoms with Crippen LogP contribution in [0.1, 0.15) is 31.4 Å². The van der Waals surface area contributed by atoms with E-state index in [0.29, 0.717) is 12.2 Å². The summed E-state index contributed by atoms with van der Waals surface area (Å²) in [5.41, 5.74) is 2.50. The van der Waals surface area contributed by atoms with Gasteiger partial charge in [0.05, 0.1) is 6.42 Å². The van der Waals surface area contributed by atoms with E-state index in [2.05, 4.69) is 37.4 Å². The summed E-state index contributed by atoms with van der Waals surface area (Å²) in [4.78, 5) is 24.0. The molecule has 0 aromatic heterocycles. The SMILES string of the molecule is Cc1ccc(SCCC(=O)OCC(=O)NC(C)C)cc1C. The van der Waals surface area contributed by atoms with Crippen LogP contribution >= 0.6 is 11.8 Å². The number of esters is 1. The van der Waals surface area contributed by atoms with Crippen molar-refractivity contribution in [3.63, 3.8) is 0 Å². The lowest BCUT2D eigenvalue weighted by atomic mass is 10.1. The van der Waals surface area contributed by atoms with Crippen LogP contribution in [0.15, 0.2) is 23.1 Å². The molecule has 0 aliphatic heterocycles. The van der Waals surface area contributed by atoms with Gasteiger partial charge in [-0.3, -0.25) is 9.59 Å². The minimum atomic E-state index is -0.342. The third-order valence-electron chi connectivity index (χ3n) is 2.87. The number of thioether (sulfide) groups is 1. The Morgan fingerprint density at radius 1 is 1.24 bits per heavy atom. The van der Waals surface area contributed by atoms with Gasteiger partial charge in [0.15, 0.2) is 6.61 Å². The predicted molar refractivity (Wildman–Crippen MR) is 85.5 cm³/mol. The molecule has 0 aliphatic carbocycles. The van der Waals surface area contributed by atoms with Gasteiger partial charge in [-0.2, -0.15) is 0 Å². The normalized spacial score (nSPS) is 10.5.